The molecule has 1 aliphatic heterocycles. The highest BCUT2D eigenvalue weighted by Crippen LogP contribution is 2.12. The number of hydrogen-bond donors (Lipinski definition) is 2. The first kappa shape index (κ1) is 15.3. The topological polar surface area (TPSA) is 85.6 Å². The lowest BCUT2D eigenvalue weighted by Gasteiger charge is -2.31. The summed E-state index contributed by atoms with van der Waals surface area (Å²) in [6, 6.07) is 9.05. The highest BCUT2D eigenvalue weighted by molar-refractivity contribution is 5.80. The maximum atomic E-state index is 11.3. The zero-order valence-corrected chi connectivity index (χ0v) is 11.8. The van der Waals surface area contributed by atoms with E-state index < -0.39 is 6.23 Å². The van der Waals surface area contributed by atoms with E-state index in [9.17, 15) is 9.90 Å². The van der Waals surface area contributed by atoms with Crippen LogP contribution in [0.2, 0.25) is 0 Å². The molecule has 2 rings (SSSR count). The van der Waals surface area contributed by atoms with Gasteiger partial charge in [0.2, 0.25) is 0 Å². The number of aliphatic hydroxyl groups excluding tert-OH is 1. The number of benzene rings is 1. The Balaban J connectivity index is 1.63. The molecule has 1 aromatic carbocycles. The minimum absolute atomic E-state index is 0.324. The Morgan fingerprint density at radius 1 is 1.38 bits per heavy atom. The molecule has 21 heavy (non-hydrogen) atoms. The van der Waals surface area contributed by atoms with Gasteiger partial charge in [-0.25, -0.2) is 0 Å². The molecular formula is C15H19N3O3. The van der Waals surface area contributed by atoms with E-state index in [-0.39, 0.29) is 5.91 Å². The summed E-state index contributed by atoms with van der Waals surface area (Å²) < 4.78 is 5.57. The average molecular weight is 289 g/mol. The second-order valence-corrected chi connectivity index (χ2v) is 4.89. The molecule has 1 saturated heterocycles. The molecule has 0 bridgehead atoms. The SMILES string of the molecule is N#Cc1ccc(OCCCCN2CCNC(=O)C2O)cc1. The fourth-order valence-electron chi connectivity index (χ4n) is 2.17. The molecule has 0 saturated carbocycles. The minimum atomic E-state index is -1.03. The van der Waals surface area contributed by atoms with Crippen molar-refractivity contribution >= 4 is 5.91 Å². The molecule has 6 nitrogen and oxygen atoms in total. The van der Waals surface area contributed by atoms with Crippen LogP contribution in [0.15, 0.2) is 24.3 Å². The smallest absolute Gasteiger partial charge is 0.264 e. The molecule has 6 heteroatoms. The van der Waals surface area contributed by atoms with Crippen molar-refractivity contribution in [3.05, 3.63) is 29.8 Å². The van der Waals surface area contributed by atoms with Gasteiger partial charge in [-0.3, -0.25) is 9.69 Å². The average Bonchev–Trinajstić information content (AvgIpc) is 2.51. The van der Waals surface area contributed by atoms with Gasteiger partial charge in [0, 0.05) is 19.6 Å². The third-order valence-corrected chi connectivity index (χ3v) is 3.37. The zero-order chi connectivity index (χ0) is 15.1. The quantitative estimate of drug-likeness (QED) is 0.743. The van der Waals surface area contributed by atoms with Crippen LogP contribution < -0.4 is 10.1 Å². The molecule has 1 amide bonds. The summed E-state index contributed by atoms with van der Waals surface area (Å²) in [5.74, 6) is 0.418. The normalized spacial score (nSPS) is 18.9. The van der Waals surface area contributed by atoms with Crippen LogP contribution in [0.25, 0.3) is 0 Å². The minimum Gasteiger partial charge on any atom is -0.494 e. The summed E-state index contributed by atoms with van der Waals surface area (Å²) >= 11 is 0. The Hall–Kier alpha value is -2.10. The third kappa shape index (κ3) is 4.45. The van der Waals surface area contributed by atoms with Gasteiger partial charge in [0.1, 0.15) is 5.75 Å². The van der Waals surface area contributed by atoms with Crippen LogP contribution in [0, 0.1) is 11.3 Å². The number of ether oxygens (including phenoxy) is 1. The molecule has 1 atom stereocenters. The van der Waals surface area contributed by atoms with Crippen molar-refractivity contribution in [1.82, 2.24) is 10.2 Å². The summed E-state index contributed by atoms with van der Waals surface area (Å²) in [6.45, 7) is 2.49. The summed E-state index contributed by atoms with van der Waals surface area (Å²) in [5, 5.41) is 21.0. The number of nitrogens with one attached hydrogen (secondary N) is 1. The predicted molar refractivity (Wildman–Crippen MR) is 76.5 cm³/mol. The Labute approximate surface area is 123 Å². The summed E-state index contributed by atoms with van der Waals surface area (Å²) in [5.41, 5.74) is 0.611. The van der Waals surface area contributed by atoms with Crippen molar-refractivity contribution in [2.24, 2.45) is 0 Å². The zero-order valence-electron chi connectivity index (χ0n) is 11.8. The van der Waals surface area contributed by atoms with E-state index in [1.807, 2.05) is 0 Å². The number of carbonyl (C=O) groups excluding carboxylic acids is 1. The first-order valence-corrected chi connectivity index (χ1v) is 7.03. The van der Waals surface area contributed by atoms with E-state index in [4.69, 9.17) is 10.00 Å². The molecule has 0 aliphatic carbocycles. The van der Waals surface area contributed by atoms with Crippen molar-refractivity contribution < 1.29 is 14.6 Å². The molecule has 1 aromatic rings. The number of rotatable bonds is 6. The fraction of sp³-hybridized carbons (Fsp3) is 0.467. The number of hydrogen-bond acceptors (Lipinski definition) is 5. The van der Waals surface area contributed by atoms with E-state index in [2.05, 4.69) is 11.4 Å². The maximum absolute atomic E-state index is 11.3. The highest BCUT2D eigenvalue weighted by atomic mass is 16.5. The van der Waals surface area contributed by atoms with E-state index >= 15 is 0 Å². The van der Waals surface area contributed by atoms with Crippen molar-refractivity contribution in [3.8, 4) is 11.8 Å². The largest absolute Gasteiger partial charge is 0.494 e. The van der Waals surface area contributed by atoms with Crippen LogP contribution in [0.5, 0.6) is 5.75 Å². The van der Waals surface area contributed by atoms with Crippen LogP contribution in [0.1, 0.15) is 18.4 Å². The van der Waals surface area contributed by atoms with Gasteiger partial charge in [-0.2, -0.15) is 5.26 Å². The lowest BCUT2D eigenvalue weighted by molar-refractivity contribution is -0.143. The van der Waals surface area contributed by atoms with Gasteiger partial charge in [0.25, 0.3) is 5.91 Å². The van der Waals surface area contributed by atoms with E-state index in [0.29, 0.717) is 31.8 Å². The van der Waals surface area contributed by atoms with Gasteiger partial charge < -0.3 is 15.2 Å². The van der Waals surface area contributed by atoms with Crippen molar-refractivity contribution in [1.29, 1.82) is 5.26 Å². The summed E-state index contributed by atoms with van der Waals surface area (Å²) in [7, 11) is 0. The van der Waals surface area contributed by atoms with Crippen LogP contribution in [0.4, 0.5) is 0 Å². The van der Waals surface area contributed by atoms with Crippen molar-refractivity contribution in [2.45, 2.75) is 19.1 Å². The molecule has 1 unspecified atom stereocenters. The summed E-state index contributed by atoms with van der Waals surface area (Å²) in [4.78, 5) is 13.0. The second-order valence-electron chi connectivity index (χ2n) is 4.89. The highest BCUT2D eigenvalue weighted by Gasteiger charge is 2.26. The number of aliphatic hydroxyl groups is 1. The third-order valence-electron chi connectivity index (χ3n) is 3.37. The maximum Gasteiger partial charge on any atom is 0.264 e. The van der Waals surface area contributed by atoms with Crippen molar-refractivity contribution in [2.75, 3.05) is 26.2 Å². The van der Waals surface area contributed by atoms with Gasteiger partial charge in [-0.1, -0.05) is 0 Å². The van der Waals surface area contributed by atoms with E-state index in [1.165, 1.54) is 0 Å². The molecule has 2 N–H and O–H groups in total. The van der Waals surface area contributed by atoms with Gasteiger partial charge in [0.15, 0.2) is 6.23 Å². The van der Waals surface area contributed by atoms with Crippen LogP contribution in [0.3, 0.4) is 0 Å². The Morgan fingerprint density at radius 3 is 2.86 bits per heavy atom. The number of nitriles is 1. The van der Waals surface area contributed by atoms with Gasteiger partial charge >= 0.3 is 0 Å². The molecular weight excluding hydrogens is 270 g/mol. The van der Waals surface area contributed by atoms with Gasteiger partial charge in [-0.05, 0) is 37.1 Å². The number of piperazine rings is 1. The summed E-state index contributed by atoms with van der Waals surface area (Å²) in [6.07, 6.45) is 0.657. The Morgan fingerprint density at radius 2 is 2.14 bits per heavy atom. The molecule has 1 heterocycles. The monoisotopic (exact) mass is 289 g/mol. The molecule has 1 fully saturated rings. The van der Waals surface area contributed by atoms with Gasteiger partial charge in [0.05, 0.1) is 18.2 Å². The molecule has 112 valence electrons. The van der Waals surface area contributed by atoms with Gasteiger partial charge in [-0.15, -0.1) is 0 Å². The van der Waals surface area contributed by atoms with Crippen LogP contribution in [-0.2, 0) is 4.79 Å². The fourth-order valence-corrected chi connectivity index (χ4v) is 2.17. The lowest BCUT2D eigenvalue weighted by Crippen LogP contribution is -2.55. The first-order chi connectivity index (χ1) is 10.2. The number of carbonyl (C=O) groups is 1. The van der Waals surface area contributed by atoms with E-state index in [1.54, 1.807) is 29.2 Å². The number of nitrogens with zero attached hydrogens (tertiary/aromatic N) is 2. The Bertz CT molecular complexity index is 510. The van der Waals surface area contributed by atoms with Crippen molar-refractivity contribution in [3.63, 3.8) is 0 Å². The molecule has 0 aromatic heterocycles. The molecule has 0 spiro atoms. The first-order valence-electron chi connectivity index (χ1n) is 7.03. The molecule has 1 aliphatic rings. The standard InChI is InChI=1S/C15H19N3O3/c16-11-12-3-5-13(6-4-12)21-10-2-1-8-18-9-7-17-14(19)15(18)20/h3-6,15,20H,1-2,7-10H2,(H,17,19). The lowest BCUT2D eigenvalue weighted by atomic mass is 10.2. The Kier molecular flexibility index (Phi) is 5.55. The van der Waals surface area contributed by atoms with Crippen LogP contribution >= 0.6 is 0 Å². The number of amides is 1. The van der Waals surface area contributed by atoms with Crippen LogP contribution in [-0.4, -0.2) is 48.4 Å². The molecule has 0 radical (unpaired) electrons. The second kappa shape index (κ2) is 7.62. The van der Waals surface area contributed by atoms with E-state index in [0.717, 1.165) is 18.6 Å². The number of unbranched alkanes of at least 4 members (excludes halogenated alkanes) is 1. The predicted octanol–water partition coefficient (Wildman–Crippen LogP) is 0.467.